The number of rotatable bonds is 7. The topological polar surface area (TPSA) is 98.2 Å². The van der Waals surface area contributed by atoms with Crippen molar-refractivity contribution >= 4 is 11.8 Å². The van der Waals surface area contributed by atoms with Gasteiger partial charge >= 0.3 is 0 Å². The summed E-state index contributed by atoms with van der Waals surface area (Å²) >= 11 is 0. The van der Waals surface area contributed by atoms with Gasteiger partial charge in [-0.2, -0.15) is 0 Å². The van der Waals surface area contributed by atoms with Crippen molar-refractivity contribution in [3.8, 4) is 0 Å². The zero-order chi connectivity index (χ0) is 11.0. The molecule has 2 amide bonds. The molecule has 0 aliphatic rings. The molecule has 1 atom stereocenters. The first-order chi connectivity index (χ1) is 6.57. The number of carbonyl (C=O) groups is 2. The van der Waals surface area contributed by atoms with Gasteiger partial charge in [0.05, 0.1) is 12.5 Å². The van der Waals surface area contributed by atoms with E-state index in [1.165, 1.54) is 0 Å². The van der Waals surface area contributed by atoms with Gasteiger partial charge in [0.25, 0.3) is 0 Å². The monoisotopic (exact) mass is 199 g/mol. The third-order valence-electron chi connectivity index (χ3n) is 1.64. The minimum absolute atomic E-state index is 0.118. The first-order valence-electron chi connectivity index (χ1n) is 4.50. The molecule has 0 aromatic rings. The van der Waals surface area contributed by atoms with Gasteiger partial charge in [-0.25, -0.2) is 0 Å². The van der Waals surface area contributed by atoms with Crippen LogP contribution in [0.2, 0.25) is 0 Å². The summed E-state index contributed by atoms with van der Waals surface area (Å²) in [6, 6.07) is -0.837. The fraction of sp³-hybridized carbons (Fsp3) is 0.556. The van der Waals surface area contributed by atoms with E-state index in [1.54, 1.807) is 6.08 Å². The van der Waals surface area contributed by atoms with Crippen LogP contribution in [0.25, 0.3) is 0 Å². The van der Waals surface area contributed by atoms with Crippen molar-refractivity contribution in [3.63, 3.8) is 0 Å². The van der Waals surface area contributed by atoms with E-state index in [4.69, 9.17) is 11.5 Å². The Balaban J connectivity index is 3.61. The van der Waals surface area contributed by atoms with Crippen LogP contribution in [0.4, 0.5) is 0 Å². The number of nitrogens with one attached hydrogen (secondary N) is 1. The first kappa shape index (κ1) is 12.6. The van der Waals surface area contributed by atoms with Crippen molar-refractivity contribution in [2.75, 3.05) is 6.54 Å². The summed E-state index contributed by atoms with van der Waals surface area (Å²) in [5.74, 6) is -0.911. The molecule has 0 radical (unpaired) electrons. The largest absolute Gasteiger partial charge is 0.370 e. The smallest absolute Gasteiger partial charge is 0.237 e. The lowest BCUT2D eigenvalue weighted by Crippen LogP contribution is -2.43. The number of unbranched alkanes of at least 4 members (excludes halogenated alkanes) is 1. The second kappa shape index (κ2) is 7.08. The Kier molecular flexibility index (Phi) is 6.39. The molecule has 5 heteroatoms. The van der Waals surface area contributed by atoms with E-state index >= 15 is 0 Å². The zero-order valence-corrected chi connectivity index (χ0v) is 8.16. The van der Waals surface area contributed by atoms with E-state index in [1.807, 2.05) is 0 Å². The number of amides is 2. The van der Waals surface area contributed by atoms with Crippen LogP contribution < -0.4 is 16.8 Å². The number of hydrogen-bond donors (Lipinski definition) is 3. The molecular formula is C9H17N3O2. The van der Waals surface area contributed by atoms with Gasteiger partial charge in [0.2, 0.25) is 11.8 Å². The molecule has 0 bridgehead atoms. The fourth-order valence-electron chi connectivity index (χ4n) is 0.899. The summed E-state index contributed by atoms with van der Waals surface area (Å²) < 4.78 is 0. The summed E-state index contributed by atoms with van der Waals surface area (Å²) in [5, 5.41) is 2.60. The van der Waals surface area contributed by atoms with Crippen LogP contribution in [0, 0.1) is 0 Å². The lowest BCUT2D eigenvalue weighted by atomic mass is 10.2. The summed E-state index contributed by atoms with van der Waals surface area (Å²) in [6.45, 7) is 4.09. The molecule has 0 saturated heterocycles. The Labute approximate surface area is 83.5 Å². The lowest BCUT2D eigenvalue weighted by Gasteiger charge is -2.09. The SMILES string of the molecule is C=CCCCNC(=O)[C@@H](N)CC(N)=O. The van der Waals surface area contributed by atoms with E-state index in [0.717, 1.165) is 12.8 Å². The summed E-state index contributed by atoms with van der Waals surface area (Å²) in [6.07, 6.45) is 3.31. The van der Waals surface area contributed by atoms with E-state index < -0.39 is 11.9 Å². The van der Waals surface area contributed by atoms with Gasteiger partial charge in [-0.3, -0.25) is 9.59 Å². The predicted octanol–water partition coefficient (Wildman–Crippen LogP) is -0.728. The van der Waals surface area contributed by atoms with Crippen LogP contribution in [-0.4, -0.2) is 24.4 Å². The Bertz CT molecular complexity index is 216. The second-order valence-corrected chi connectivity index (χ2v) is 3.00. The number of hydrogen-bond acceptors (Lipinski definition) is 3. The number of nitrogens with two attached hydrogens (primary N) is 2. The molecule has 0 aliphatic heterocycles. The number of carbonyl (C=O) groups excluding carboxylic acids is 2. The quantitative estimate of drug-likeness (QED) is 0.372. The van der Waals surface area contributed by atoms with Gasteiger partial charge < -0.3 is 16.8 Å². The van der Waals surface area contributed by atoms with Crippen LogP contribution in [0.5, 0.6) is 0 Å². The van der Waals surface area contributed by atoms with Gasteiger partial charge in [-0.15, -0.1) is 6.58 Å². The van der Waals surface area contributed by atoms with Crippen LogP contribution in [0.3, 0.4) is 0 Å². The maximum absolute atomic E-state index is 11.2. The molecule has 0 spiro atoms. The molecule has 14 heavy (non-hydrogen) atoms. The van der Waals surface area contributed by atoms with Crippen LogP contribution in [-0.2, 0) is 9.59 Å². The third kappa shape index (κ3) is 6.19. The van der Waals surface area contributed by atoms with Crippen molar-refractivity contribution in [1.29, 1.82) is 0 Å². The molecule has 0 aromatic heterocycles. The molecule has 0 aromatic carbocycles. The van der Waals surface area contributed by atoms with Gasteiger partial charge in [0.1, 0.15) is 0 Å². The molecule has 0 saturated carbocycles. The molecule has 0 unspecified atom stereocenters. The molecular weight excluding hydrogens is 182 g/mol. The fourth-order valence-corrected chi connectivity index (χ4v) is 0.899. The van der Waals surface area contributed by atoms with Gasteiger partial charge in [0.15, 0.2) is 0 Å². The normalized spacial score (nSPS) is 11.8. The molecule has 0 aliphatic carbocycles. The van der Waals surface area contributed by atoms with Crippen LogP contribution in [0.1, 0.15) is 19.3 Å². The Morgan fingerprint density at radius 3 is 2.64 bits per heavy atom. The summed E-state index contributed by atoms with van der Waals surface area (Å²) in [4.78, 5) is 21.6. The van der Waals surface area contributed by atoms with Crippen molar-refractivity contribution in [2.24, 2.45) is 11.5 Å². The molecule has 0 heterocycles. The summed E-state index contributed by atoms with van der Waals surface area (Å²) in [7, 11) is 0. The average Bonchev–Trinajstić information content (AvgIpc) is 2.11. The van der Waals surface area contributed by atoms with Crippen molar-refractivity contribution in [2.45, 2.75) is 25.3 Å². The maximum atomic E-state index is 11.2. The van der Waals surface area contributed by atoms with E-state index in [-0.39, 0.29) is 12.3 Å². The first-order valence-corrected chi connectivity index (χ1v) is 4.50. The second-order valence-electron chi connectivity index (χ2n) is 3.00. The van der Waals surface area contributed by atoms with Crippen molar-refractivity contribution < 1.29 is 9.59 Å². The highest BCUT2D eigenvalue weighted by Gasteiger charge is 2.14. The average molecular weight is 199 g/mol. The van der Waals surface area contributed by atoms with E-state index in [2.05, 4.69) is 11.9 Å². The molecule has 5 nitrogen and oxygen atoms in total. The van der Waals surface area contributed by atoms with Gasteiger partial charge in [-0.1, -0.05) is 6.08 Å². The highest BCUT2D eigenvalue weighted by Crippen LogP contribution is 1.89. The van der Waals surface area contributed by atoms with E-state index in [0.29, 0.717) is 6.54 Å². The molecule has 0 fully saturated rings. The number of primary amides is 1. The highest BCUT2D eigenvalue weighted by molar-refractivity contribution is 5.87. The van der Waals surface area contributed by atoms with Crippen LogP contribution >= 0.6 is 0 Å². The lowest BCUT2D eigenvalue weighted by molar-refractivity contribution is -0.126. The third-order valence-corrected chi connectivity index (χ3v) is 1.64. The summed E-state index contributed by atoms with van der Waals surface area (Å²) in [5.41, 5.74) is 10.3. The molecule has 5 N–H and O–H groups in total. The minimum atomic E-state index is -0.837. The maximum Gasteiger partial charge on any atom is 0.237 e. The molecule has 0 rings (SSSR count). The van der Waals surface area contributed by atoms with Crippen LogP contribution in [0.15, 0.2) is 12.7 Å². The molecule has 80 valence electrons. The van der Waals surface area contributed by atoms with Crippen molar-refractivity contribution in [3.05, 3.63) is 12.7 Å². The number of allylic oxidation sites excluding steroid dienone is 1. The minimum Gasteiger partial charge on any atom is -0.370 e. The zero-order valence-electron chi connectivity index (χ0n) is 8.16. The van der Waals surface area contributed by atoms with Gasteiger partial charge in [-0.05, 0) is 12.8 Å². The Morgan fingerprint density at radius 1 is 1.50 bits per heavy atom. The predicted molar refractivity (Wildman–Crippen MR) is 54.2 cm³/mol. The van der Waals surface area contributed by atoms with Crippen molar-refractivity contribution in [1.82, 2.24) is 5.32 Å². The Morgan fingerprint density at radius 2 is 2.14 bits per heavy atom. The van der Waals surface area contributed by atoms with Gasteiger partial charge in [0, 0.05) is 6.54 Å². The van der Waals surface area contributed by atoms with E-state index in [9.17, 15) is 9.59 Å². The Hall–Kier alpha value is -1.36. The standard InChI is InChI=1S/C9H17N3O2/c1-2-3-4-5-12-9(14)7(10)6-8(11)13/h2,7H,1,3-6,10H2,(H2,11,13)(H,12,14)/t7-/m0/s1. The highest BCUT2D eigenvalue weighted by atomic mass is 16.2.